The van der Waals surface area contributed by atoms with Gasteiger partial charge in [-0.1, -0.05) is 161 Å². The van der Waals surface area contributed by atoms with Gasteiger partial charge in [0.2, 0.25) is 0 Å². The van der Waals surface area contributed by atoms with Crippen LogP contribution in [0.2, 0.25) is 5.04 Å². The Kier molecular flexibility index (Phi) is 10.3. The van der Waals surface area contributed by atoms with E-state index >= 15 is 0 Å². The van der Waals surface area contributed by atoms with Crippen molar-refractivity contribution in [3.05, 3.63) is 145 Å². The van der Waals surface area contributed by atoms with E-state index in [2.05, 4.69) is 173 Å². The molecule has 0 spiro atoms. The minimum Gasteiger partial charge on any atom is -0.404 e. The van der Waals surface area contributed by atoms with Crippen LogP contribution in [0.4, 0.5) is 0 Å². The van der Waals surface area contributed by atoms with Gasteiger partial charge in [0, 0.05) is 18.7 Å². The molecule has 0 aromatic heterocycles. The fraction of sp³-hybridized carbons (Fsp3) is 0.297. The Hall–Kier alpha value is -3.24. The van der Waals surface area contributed by atoms with Gasteiger partial charge in [-0.2, -0.15) is 0 Å². The first-order chi connectivity index (χ1) is 19.3. The second kappa shape index (κ2) is 13.9. The highest BCUT2D eigenvalue weighted by Crippen LogP contribution is 2.38. The van der Waals surface area contributed by atoms with Crippen molar-refractivity contribution in [1.82, 2.24) is 5.32 Å². The molecule has 1 N–H and O–H groups in total. The molecule has 2 nitrogen and oxygen atoms in total. The molecule has 40 heavy (non-hydrogen) atoms. The zero-order valence-electron chi connectivity index (χ0n) is 24.8. The predicted molar refractivity (Wildman–Crippen MR) is 174 cm³/mol. The Balaban J connectivity index is 1.52. The summed E-state index contributed by atoms with van der Waals surface area (Å²) in [6.45, 7) is 12.4. The quantitative estimate of drug-likeness (QED) is 0.143. The Bertz CT molecular complexity index is 1260. The molecule has 0 aliphatic heterocycles. The van der Waals surface area contributed by atoms with Crippen molar-refractivity contribution in [3.63, 3.8) is 0 Å². The molecule has 0 fully saturated rings. The van der Waals surface area contributed by atoms with E-state index < -0.39 is 8.32 Å². The average molecular weight is 548 g/mol. The summed E-state index contributed by atoms with van der Waals surface area (Å²) < 4.78 is 7.28. The Morgan fingerprint density at radius 1 is 0.700 bits per heavy atom. The van der Waals surface area contributed by atoms with Gasteiger partial charge in [0.1, 0.15) is 0 Å². The Labute approximate surface area is 243 Å². The topological polar surface area (TPSA) is 21.3 Å². The minimum absolute atomic E-state index is 0.0270. The third-order valence-electron chi connectivity index (χ3n) is 7.76. The lowest BCUT2D eigenvalue weighted by Gasteiger charge is -2.44. The predicted octanol–water partition coefficient (Wildman–Crippen LogP) is 8.07. The molecule has 0 saturated heterocycles. The molecule has 208 valence electrons. The lowest BCUT2D eigenvalue weighted by Crippen LogP contribution is -2.67. The van der Waals surface area contributed by atoms with Crippen LogP contribution in [0.3, 0.4) is 0 Å². The molecule has 4 rings (SSSR count). The summed E-state index contributed by atoms with van der Waals surface area (Å²) in [5.74, 6) is 0.325. The normalized spacial score (nSPS) is 14.6. The second-order valence-corrected chi connectivity index (χ2v) is 16.1. The maximum Gasteiger partial charge on any atom is 0.261 e. The van der Waals surface area contributed by atoms with Crippen LogP contribution in [-0.2, 0) is 11.0 Å². The minimum atomic E-state index is -2.56. The highest BCUT2D eigenvalue weighted by atomic mass is 28.4. The zero-order valence-corrected chi connectivity index (χ0v) is 25.8. The fourth-order valence-electron chi connectivity index (χ4n) is 5.73. The Morgan fingerprint density at radius 3 is 1.68 bits per heavy atom. The molecule has 0 aliphatic rings. The van der Waals surface area contributed by atoms with Crippen LogP contribution < -0.4 is 15.7 Å². The van der Waals surface area contributed by atoms with Crippen LogP contribution in [-0.4, -0.2) is 14.4 Å². The van der Waals surface area contributed by atoms with Crippen molar-refractivity contribution in [2.45, 2.75) is 64.8 Å². The third-order valence-corrected chi connectivity index (χ3v) is 12.9. The fourth-order valence-corrected chi connectivity index (χ4v) is 10.4. The number of rotatable bonds is 12. The largest absolute Gasteiger partial charge is 0.404 e. The molecule has 0 radical (unpaired) electrons. The third kappa shape index (κ3) is 7.28. The van der Waals surface area contributed by atoms with Gasteiger partial charge in [-0.15, -0.1) is 0 Å². The van der Waals surface area contributed by atoms with Crippen molar-refractivity contribution in [1.29, 1.82) is 0 Å². The molecule has 0 heterocycles. The molecule has 0 saturated carbocycles. The van der Waals surface area contributed by atoms with Crippen LogP contribution in [0.1, 0.15) is 58.2 Å². The SMILES string of the molecule is C[C@H](C/C=C/[C@H](C)[C@H](NCc1ccccc1)c1ccccc1)O[Si](c1ccccc1)(c1ccccc1)C(C)(C)C. The Morgan fingerprint density at radius 2 is 1.18 bits per heavy atom. The first-order valence-corrected chi connectivity index (χ1v) is 16.5. The lowest BCUT2D eigenvalue weighted by atomic mass is 9.93. The summed E-state index contributed by atoms with van der Waals surface area (Å²) in [4.78, 5) is 0. The van der Waals surface area contributed by atoms with Crippen molar-refractivity contribution in [2.75, 3.05) is 0 Å². The summed E-state index contributed by atoms with van der Waals surface area (Å²) in [6.07, 6.45) is 5.64. The van der Waals surface area contributed by atoms with Crippen LogP contribution in [0.25, 0.3) is 0 Å². The standard InChI is InChI=1S/C37H45NOSi/c1-30(36(33-23-12-7-13-24-33)38-29-32-21-10-6-11-22-32)19-18-20-31(2)39-40(37(3,4)5,34-25-14-8-15-26-34)35-27-16-9-17-28-35/h6-19,21-28,30-31,36,38H,20,29H2,1-5H3/b19-18+/t30-,31+,36-/m0/s1. The molecule has 3 heteroatoms. The lowest BCUT2D eigenvalue weighted by molar-refractivity contribution is 0.209. The highest BCUT2D eigenvalue weighted by molar-refractivity contribution is 6.99. The molecule has 0 bridgehead atoms. The first kappa shape index (κ1) is 29.7. The van der Waals surface area contributed by atoms with Gasteiger partial charge in [0.05, 0.1) is 0 Å². The van der Waals surface area contributed by atoms with E-state index in [1.54, 1.807) is 0 Å². The maximum atomic E-state index is 7.28. The van der Waals surface area contributed by atoms with Crippen LogP contribution in [0.5, 0.6) is 0 Å². The number of hydrogen-bond donors (Lipinski definition) is 1. The van der Waals surface area contributed by atoms with Crippen molar-refractivity contribution in [3.8, 4) is 0 Å². The summed E-state index contributed by atoms with van der Waals surface area (Å²) in [5, 5.41) is 6.44. The van der Waals surface area contributed by atoms with E-state index in [0.717, 1.165) is 13.0 Å². The number of nitrogens with one attached hydrogen (secondary N) is 1. The summed E-state index contributed by atoms with van der Waals surface area (Å²) in [7, 11) is -2.56. The van der Waals surface area contributed by atoms with Gasteiger partial charge >= 0.3 is 0 Å². The van der Waals surface area contributed by atoms with Crippen LogP contribution >= 0.6 is 0 Å². The second-order valence-electron chi connectivity index (χ2n) is 11.9. The molecule has 4 aromatic rings. The van der Waals surface area contributed by atoms with Gasteiger partial charge in [-0.05, 0) is 45.8 Å². The van der Waals surface area contributed by atoms with E-state index in [4.69, 9.17) is 4.43 Å². The number of hydrogen-bond acceptors (Lipinski definition) is 2. The summed E-state index contributed by atoms with van der Waals surface area (Å²) >= 11 is 0. The van der Waals surface area contributed by atoms with Crippen molar-refractivity contribution < 1.29 is 4.43 Å². The zero-order chi connectivity index (χ0) is 28.4. The van der Waals surface area contributed by atoms with Gasteiger partial charge in [-0.3, -0.25) is 0 Å². The van der Waals surface area contributed by atoms with E-state index in [-0.39, 0.29) is 17.2 Å². The van der Waals surface area contributed by atoms with E-state index in [9.17, 15) is 0 Å². The molecule has 0 unspecified atom stereocenters. The summed E-state index contributed by atoms with van der Waals surface area (Å²) in [6, 6.07) is 43.5. The number of benzene rings is 4. The van der Waals surface area contributed by atoms with Crippen molar-refractivity contribution >= 4 is 18.7 Å². The van der Waals surface area contributed by atoms with E-state index in [1.165, 1.54) is 21.5 Å². The highest BCUT2D eigenvalue weighted by Gasteiger charge is 2.50. The van der Waals surface area contributed by atoms with Gasteiger partial charge < -0.3 is 9.74 Å². The van der Waals surface area contributed by atoms with E-state index in [0.29, 0.717) is 5.92 Å². The van der Waals surface area contributed by atoms with Gasteiger partial charge in [-0.25, -0.2) is 0 Å². The average Bonchev–Trinajstić information content (AvgIpc) is 2.97. The van der Waals surface area contributed by atoms with E-state index in [1.807, 2.05) is 0 Å². The molecule has 0 amide bonds. The smallest absolute Gasteiger partial charge is 0.261 e. The maximum absolute atomic E-state index is 7.28. The van der Waals surface area contributed by atoms with Crippen LogP contribution in [0.15, 0.2) is 133 Å². The molecule has 4 aromatic carbocycles. The van der Waals surface area contributed by atoms with Crippen LogP contribution in [0, 0.1) is 5.92 Å². The molecule has 3 atom stereocenters. The van der Waals surface area contributed by atoms with Crippen molar-refractivity contribution in [2.24, 2.45) is 5.92 Å². The molecular weight excluding hydrogens is 502 g/mol. The first-order valence-electron chi connectivity index (χ1n) is 14.6. The van der Waals surface area contributed by atoms with Gasteiger partial charge in [0.25, 0.3) is 8.32 Å². The molecule has 0 aliphatic carbocycles. The monoisotopic (exact) mass is 547 g/mol. The summed E-state index contributed by atoms with van der Waals surface area (Å²) in [5.41, 5.74) is 2.61. The molecular formula is C37H45NOSi. The van der Waals surface area contributed by atoms with Gasteiger partial charge in [0.15, 0.2) is 0 Å².